The van der Waals surface area contributed by atoms with Gasteiger partial charge in [0.25, 0.3) is 0 Å². The zero-order valence-electron chi connectivity index (χ0n) is 28.2. The number of aromatic nitrogens is 2. The van der Waals surface area contributed by atoms with Gasteiger partial charge in [-0.2, -0.15) is 15.2 Å². The van der Waals surface area contributed by atoms with E-state index in [0.717, 1.165) is 30.0 Å². The van der Waals surface area contributed by atoms with Crippen molar-refractivity contribution in [2.75, 3.05) is 63.4 Å². The number of rotatable bonds is 11. The Hall–Kier alpha value is -4.20. The number of carbonyl (C=O) groups excluding carboxylic acids is 1. The molecule has 3 aliphatic rings. The van der Waals surface area contributed by atoms with E-state index in [9.17, 15) is 10.1 Å². The number of methoxy groups -OCH3 is 1. The molecule has 1 aliphatic carbocycles. The van der Waals surface area contributed by atoms with E-state index in [2.05, 4.69) is 84.6 Å². The molecular formula is C37H47N7O3. The first kappa shape index (κ1) is 32.7. The van der Waals surface area contributed by atoms with E-state index in [0.29, 0.717) is 51.4 Å². The summed E-state index contributed by atoms with van der Waals surface area (Å²) in [7, 11) is 3.90. The number of piperazine rings is 1. The third-order valence-electron chi connectivity index (χ3n) is 10.5. The van der Waals surface area contributed by atoms with E-state index in [4.69, 9.17) is 19.4 Å². The second-order valence-corrected chi connectivity index (χ2v) is 13.5. The predicted molar refractivity (Wildman–Crippen MR) is 185 cm³/mol. The third-order valence-corrected chi connectivity index (χ3v) is 10.5. The number of aryl methyl sites for hydroxylation is 1. The molecular weight excluding hydrogens is 590 g/mol. The monoisotopic (exact) mass is 637 g/mol. The molecule has 0 radical (unpaired) electrons. The predicted octanol–water partition coefficient (Wildman–Crippen LogP) is 4.89. The first-order valence-electron chi connectivity index (χ1n) is 16.8. The topological polar surface area (TPSA) is 98.1 Å². The first-order valence-corrected chi connectivity index (χ1v) is 16.8. The van der Waals surface area contributed by atoms with Gasteiger partial charge in [0.1, 0.15) is 12.4 Å². The Balaban J connectivity index is 1.35. The number of anilines is 2. The van der Waals surface area contributed by atoms with Gasteiger partial charge in [-0.3, -0.25) is 9.69 Å². The van der Waals surface area contributed by atoms with Crippen LogP contribution in [0.2, 0.25) is 0 Å². The van der Waals surface area contributed by atoms with Crippen molar-refractivity contribution >= 4 is 28.2 Å². The van der Waals surface area contributed by atoms with Gasteiger partial charge in [-0.25, -0.2) is 0 Å². The summed E-state index contributed by atoms with van der Waals surface area (Å²) in [5.41, 5.74) is 4.16. The summed E-state index contributed by atoms with van der Waals surface area (Å²) < 4.78 is 12.2. The number of benzene rings is 2. The molecule has 10 heteroatoms. The molecule has 1 saturated carbocycles. The number of hydrogen-bond acceptors (Lipinski definition) is 9. The number of carbonyl (C=O) groups is 1. The number of ether oxygens (including phenoxy) is 2. The number of amides is 1. The van der Waals surface area contributed by atoms with Crippen molar-refractivity contribution in [1.82, 2.24) is 19.8 Å². The fourth-order valence-corrected chi connectivity index (χ4v) is 7.42. The van der Waals surface area contributed by atoms with Gasteiger partial charge in [0.15, 0.2) is 0 Å². The molecule has 2 aromatic carbocycles. The minimum Gasteiger partial charge on any atom is -0.461 e. The van der Waals surface area contributed by atoms with Crippen LogP contribution in [0.25, 0.3) is 10.8 Å². The fraction of sp³-hybridized carbons (Fsp3) is 0.514. The first-order chi connectivity index (χ1) is 22.8. The molecule has 47 heavy (non-hydrogen) atoms. The van der Waals surface area contributed by atoms with E-state index in [1.807, 2.05) is 0 Å². The summed E-state index contributed by atoms with van der Waals surface area (Å²) in [6.07, 6.45) is 5.96. The van der Waals surface area contributed by atoms with Crippen LogP contribution in [-0.2, 0) is 22.5 Å². The van der Waals surface area contributed by atoms with E-state index in [-0.39, 0.29) is 23.9 Å². The standard InChI is InChI=1S/C37H47N7O3/c1-6-33(45)44-21-20-43(22-29(44)16-18-38)35-30-17-19-42(32-15-8-12-27-11-7-10-26(2)34(27)32)23-31(30)39-36(40-35)47-25-37(3,24-46-5)41(4)28-13-9-14-28/h6-8,10-12,15,28-29H,1,9,13-14,16-17,19-25H2,2-5H3/t29?,37-/m0/s1. The lowest BCUT2D eigenvalue weighted by molar-refractivity contribution is -0.128. The Morgan fingerprint density at radius 3 is 2.64 bits per heavy atom. The largest absolute Gasteiger partial charge is 0.461 e. The average Bonchev–Trinajstić information content (AvgIpc) is 3.05. The van der Waals surface area contributed by atoms with E-state index in [1.165, 1.54) is 47.4 Å². The van der Waals surface area contributed by atoms with Gasteiger partial charge in [0, 0.05) is 56.0 Å². The average molecular weight is 638 g/mol. The maximum absolute atomic E-state index is 12.6. The van der Waals surface area contributed by atoms with E-state index >= 15 is 0 Å². The number of hydrogen-bond donors (Lipinski definition) is 0. The van der Waals surface area contributed by atoms with Gasteiger partial charge in [0.05, 0.1) is 42.9 Å². The minimum atomic E-state index is -0.347. The van der Waals surface area contributed by atoms with Gasteiger partial charge in [-0.1, -0.05) is 43.3 Å². The van der Waals surface area contributed by atoms with Crippen LogP contribution in [-0.4, -0.2) is 96.8 Å². The Bertz CT molecular complexity index is 1660. The summed E-state index contributed by atoms with van der Waals surface area (Å²) >= 11 is 0. The molecule has 2 aliphatic heterocycles. The van der Waals surface area contributed by atoms with Gasteiger partial charge in [0.2, 0.25) is 5.91 Å². The Kier molecular flexibility index (Phi) is 9.67. The summed E-state index contributed by atoms with van der Waals surface area (Å²) in [5, 5.41) is 12.1. The third kappa shape index (κ3) is 6.52. The Labute approximate surface area is 278 Å². The van der Waals surface area contributed by atoms with Crippen molar-refractivity contribution in [3.05, 3.63) is 65.9 Å². The molecule has 1 unspecified atom stereocenters. The van der Waals surface area contributed by atoms with Crippen LogP contribution in [0, 0.1) is 18.3 Å². The van der Waals surface area contributed by atoms with Crippen molar-refractivity contribution in [3.8, 4) is 12.1 Å². The smallest absolute Gasteiger partial charge is 0.318 e. The normalized spacial score (nSPS) is 19.6. The molecule has 3 heterocycles. The molecule has 1 amide bonds. The molecule has 0 N–H and O–H groups in total. The maximum atomic E-state index is 12.6. The number of nitriles is 1. The van der Waals surface area contributed by atoms with Gasteiger partial charge in [-0.15, -0.1) is 0 Å². The minimum absolute atomic E-state index is 0.146. The summed E-state index contributed by atoms with van der Waals surface area (Å²) in [6.45, 7) is 12.0. The van der Waals surface area contributed by atoms with Crippen molar-refractivity contribution in [3.63, 3.8) is 0 Å². The Morgan fingerprint density at radius 1 is 1.15 bits per heavy atom. The lowest BCUT2D eigenvalue weighted by Gasteiger charge is -2.46. The molecule has 1 aromatic heterocycles. The van der Waals surface area contributed by atoms with Crippen LogP contribution < -0.4 is 14.5 Å². The fourth-order valence-electron chi connectivity index (χ4n) is 7.42. The number of likely N-dealkylation sites (N-methyl/N-ethyl adjacent to an activating group) is 1. The second-order valence-electron chi connectivity index (χ2n) is 13.5. The lowest BCUT2D eigenvalue weighted by Crippen LogP contribution is -2.57. The lowest BCUT2D eigenvalue weighted by atomic mass is 9.88. The quantitative estimate of drug-likeness (QED) is 0.272. The number of fused-ring (bicyclic) bond motifs is 2. The van der Waals surface area contributed by atoms with Crippen LogP contribution in [0.1, 0.15) is 49.4 Å². The highest BCUT2D eigenvalue weighted by atomic mass is 16.5. The molecule has 0 bridgehead atoms. The van der Waals surface area contributed by atoms with Crippen LogP contribution in [0.5, 0.6) is 6.01 Å². The molecule has 10 nitrogen and oxygen atoms in total. The van der Waals surface area contributed by atoms with Crippen LogP contribution in [0.15, 0.2) is 49.1 Å². The van der Waals surface area contributed by atoms with Crippen molar-refractivity contribution in [2.45, 2.75) is 70.1 Å². The zero-order chi connectivity index (χ0) is 33.1. The van der Waals surface area contributed by atoms with E-state index < -0.39 is 0 Å². The van der Waals surface area contributed by atoms with E-state index in [1.54, 1.807) is 12.0 Å². The van der Waals surface area contributed by atoms with Gasteiger partial charge in [-0.05, 0) is 63.2 Å². The zero-order valence-corrected chi connectivity index (χ0v) is 28.2. The second kappa shape index (κ2) is 13.9. The van der Waals surface area contributed by atoms with Crippen LogP contribution in [0.4, 0.5) is 11.5 Å². The molecule has 0 spiro atoms. The van der Waals surface area contributed by atoms with Crippen LogP contribution in [0.3, 0.4) is 0 Å². The molecule has 2 atom stereocenters. The molecule has 2 fully saturated rings. The summed E-state index contributed by atoms with van der Waals surface area (Å²) in [4.78, 5) is 31.6. The Morgan fingerprint density at radius 2 is 1.94 bits per heavy atom. The van der Waals surface area contributed by atoms with Gasteiger partial charge >= 0.3 is 6.01 Å². The summed E-state index contributed by atoms with van der Waals surface area (Å²) in [5.74, 6) is 0.695. The van der Waals surface area contributed by atoms with Crippen LogP contribution >= 0.6 is 0 Å². The highest BCUT2D eigenvalue weighted by molar-refractivity contribution is 5.97. The highest BCUT2D eigenvalue weighted by Gasteiger charge is 2.38. The highest BCUT2D eigenvalue weighted by Crippen LogP contribution is 2.36. The SMILES string of the molecule is C=CC(=O)N1CCN(c2nc(OC[C@](C)(COC)N(C)C3CCC3)nc3c2CCN(c2cccc4cccc(C)c24)C3)CC1CC#N. The maximum Gasteiger partial charge on any atom is 0.318 e. The van der Waals surface area contributed by atoms with Gasteiger partial charge < -0.3 is 24.2 Å². The molecule has 6 rings (SSSR count). The molecule has 248 valence electrons. The molecule has 1 saturated heterocycles. The number of nitrogens with zero attached hydrogens (tertiary/aromatic N) is 7. The van der Waals surface area contributed by atoms with Crippen molar-refractivity contribution in [1.29, 1.82) is 5.26 Å². The van der Waals surface area contributed by atoms with Crippen molar-refractivity contribution in [2.24, 2.45) is 0 Å². The molecule has 3 aromatic rings. The van der Waals surface area contributed by atoms with Crippen molar-refractivity contribution < 1.29 is 14.3 Å². The summed E-state index contributed by atoms with van der Waals surface area (Å²) in [6, 6.07) is 15.8.